The molecule has 1 heterocycles. The summed E-state index contributed by atoms with van der Waals surface area (Å²) in [5.74, 6) is 1.95. The highest BCUT2D eigenvalue weighted by molar-refractivity contribution is 5.44. The molecule has 4 heteroatoms. The molecular weight excluding hydrogens is 188 g/mol. The van der Waals surface area contributed by atoms with Crippen molar-refractivity contribution in [2.24, 2.45) is 0 Å². The van der Waals surface area contributed by atoms with Crippen LogP contribution in [0.1, 0.15) is 18.3 Å². The van der Waals surface area contributed by atoms with Crippen LogP contribution in [0.15, 0.2) is 6.20 Å². The molecule has 0 saturated carbocycles. The number of anilines is 1. The lowest BCUT2D eigenvalue weighted by molar-refractivity contribution is 0.777. The van der Waals surface area contributed by atoms with Gasteiger partial charge in [-0.3, -0.25) is 0 Å². The molecule has 4 nitrogen and oxygen atoms in total. The summed E-state index contributed by atoms with van der Waals surface area (Å²) in [6.07, 6.45) is 3.79. The van der Waals surface area contributed by atoms with Crippen LogP contribution in [0.25, 0.3) is 0 Å². The van der Waals surface area contributed by atoms with Gasteiger partial charge in [0.2, 0.25) is 0 Å². The maximum Gasteiger partial charge on any atom is 0.135 e. The predicted molar refractivity (Wildman–Crippen MR) is 63.4 cm³/mol. The van der Waals surface area contributed by atoms with Gasteiger partial charge in [-0.25, -0.2) is 9.97 Å². The van der Waals surface area contributed by atoms with Gasteiger partial charge in [-0.05, 0) is 20.0 Å². The number of nitrogens with one attached hydrogen (secondary N) is 1. The summed E-state index contributed by atoms with van der Waals surface area (Å²) in [7, 11) is 5.99. The van der Waals surface area contributed by atoms with Crippen molar-refractivity contribution in [2.75, 3.05) is 32.6 Å². The Labute approximate surface area is 91.7 Å². The first-order valence-electron chi connectivity index (χ1n) is 5.35. The Bertz CT molecular complexity index is 309. The van der Waals surface area contributed by atoms with E-state index in [4.69, 9.17) is 0 Å². The molecule has 0 aliphatic heterocycles. The third kappa shape index (κ3) is 3.16. The minimum absolute atomic E-state index is 0.882. The zero-order chi connectivity index (χ0) is 11.3. The van der Waals surface area contributed by atoms with Crippen LogP contribution in [0.3, 0.4) is 0 Å². The predicted octanol–water partition coefficient (Wildman–Crippen LogP) is 0.867. The van der Waals surface area contributed by atoms with E-state index in [1.54, 1.807) is 0 Å². The molecule has 0 aromatic carbocycles. The summed E-state index contributed by atoms with van der Waals surface area (Å²) in [4.78, 5) is 10.9. The third-order valence-electron chi connectivity index (χ3n) is 2.28. The fraction of sp³-hybridized carbons (Fsp3) is 0.636. The number of hydrogen-bond acceptors (Lipinski definition) is 4. The van der Waals surface area contributed by atoms with Crippen LogP contribution in [0, 0.1) is 0 Å². The SMILES string of the molecule is CCc1ncc(CCNC)c(N(C)C)n1. The van der Waals surface area contributed by atoms with Gasteiger partial charge in [-0.15, -0.1) is 0 Å². The van der Waals surface area contributed by atoms with Gasteiger partial charge in [0.1, 0.15) is 11.6 Å². The lowest BCUT2D eigenvalue weighted by atomic mass is 10.2. The summed E-state index contributed by atoms with van der Waals surface area (Å²) in [6, 6.07) is 0. The fourth-order valence-corrected chi connectivity index (χ4v) is 1.43. The van der Waals surface area contributed by atoms with Gasteiger partial charge in [0.25, 0.3) is 0 Å². The molecule has 15 heavy (non-hydrogen) atoms. The van der Waals surface area contributed by atoms with Crippen LogP contribution >= 0.6 is 0 Å². The smallest absolute Gasteiger partial charge is 0.135 e. The van der Waals surface area contributed by atoms with Gasteiger partial charge in [0.15, 0.2) is 0 Å². The zero-order valence-electron chi connectivity index (χ0n) is 10.0. The van der Waals surface area contributed by atoms with Crippen molar-refractivity contribution in [3.63, 3.8) is 0 Å². The van der Waals surface area contributed by atoms with Crippen molar-refractivity contribution in [3.05, 3.63) is 17.6 Å². The molecule has 1 aromatic heterocycles. The van der Waals surface area contributed by atoms with Crippen LogP contribution in [-0.4, -0.2) is 37.7 Å². The molecule has 0 amide bonds. The van der Waals surface area contributed by atoms with E-state index in [0.717, 1.165) is 31.0 Å². The summed E-state index contributed by atoms with van der Waals surface area (Å²) in [5, 5.41) is 3.14. The molecule has 0 bridgehead atoms. The van der Waals surface area contributed by atoms with Crippen LogP contribution < -0.4 is 10.2 Å². The molecule has 0 atom stereocenters. The van der Waals surface area contributed by atoms with E-state index in [9.17, 15) is 0 Å². The van der Waals surface area contributed by atoms with Gasteiger partial charge in [-0.1, -0.05) is 6.92 Å². The summed E-state index contributed by atoms with van der Waals surface area (Å²) in [5.41, 5.74) is 1.20. The molecule has 0 fully saturated rings. The van der Waals surface area contributed by atoms with E-state index in [2.05, 4.69) is 22.2 Å². The minimum atomic E-state index is 0.882. The molecule has 84 valence electrons. The first-order chi connectivity index (χ1) is 7.19. The maximum absolute atomic E-state index is 4.53. The Morgan fingerprint density at radius 3 is 2.67 bits per heavy atom. The number of hydrogen-bond donors (Lipinski definition) is 1. The topological polar surface area (TPSA) is 41.1 Å². The summed E-state index contributed by atoms with van der Waals surface area (Å²) >= 11 is 0. The Hall–Kier alpha value is -1.16. The molecule has 0 radical (unpaired) electrons. The third-order valence-corrected chi connectivity index (χ3v) is 2.28. The fourth-order valence-electron chi connectivity index (χ4n) is 1.43. The van der Waals surface area contributed by atoms with Crippen LogP contribution in [0.5, 0.6) is 0 Å². The first-order valence-corrected chi connectivity index (χ1v) is 5.35. The zero-order valence-corrected chi connectivity index (χ0v) is 10.0. The van der Waals surface area contributed by atoms with Crippen molar-refractivity contribution >= 4 is 5.82 Å². The average molecular weight is 208 g/mol. The molecule has 0 saturated heterocycles. The normalized spacial score (nSPS) is 10.4. The lowest BCUT2D eigenvalue weighted by Gasteiger charge is -2.16. The number of rotatable bonds is 5. The van der Waals surface area contributed by atoms with Crippen molar-refractivity contribution in [1.82, 2.24) is 15.3 Å². The molecule has 0 aliphatic rings. The molecule has 0 unspecified atom stereocenters. The van der Waals surface area contributed by atoms with Gasteiger partial charge in [0.05, 0.1) is 0 Å². The Balaban J connectivity index is 2.93. The van der Waals surface area contributed by atoms with Gasteiger partial charge in [0, 0.05) is 32.3 Å². The second kappa shape index (κ2) is 5.66. The molecule has 1 rings (SSSR count). The molecule has 0 aliphatic carbocycles. The lowest BCUT2D eigenvalue weighted by Crippen LogP contribution is -2.18. The molecule has 0 spiro atoms. The van der Waals surface area contributed by atoms with E-state index in [-0.39, 0.29) is 0 Å². The van der Waals surface area contributed by atoms with E-state index in [1.165, 1.54) is 5.56 Å². The Kier molecular flexibility index (Phi) is 4.49. The number of likely N-dealkylation sites (N-methyl/N-ethyl adjacent to an activating group) is 1. The Morgan fingerprint density at radius 1 is 1.40 bits per heavy atom. The number of aryl methyl sites for hydroxylation is 1. The van der Waals surface area contributed by atoms with Crippen molar-refractivity contribution in [2.45, 2.75) is 19.8 Å². The second-order valence-corrected chi connectivity index (χ2v) is 3.74. The highest BCUT2D eigenvalue weighted by Gasteiger charge is 2.07. The average Bonchev–Trinajstić information content (AvgIpc) is 2.26. The van der Waals surface area contributed by atoms with E-state index in [1.807, 2.05) is 32.2 Å². The highest BCUT2D eigenvalue weighted by atomic mass is 15.2. The van der Waals surface area contributed by atoms with Crippen LogP contribution in [0.4, 0.5) is 5.82 Å². The minimum Gasteiger partial charge on any atom is -0.362 e. The maximum atomic E-state index is 4.53. The summed E-state index contributed by atoms with van der Waals surface area (Å²) in [6.45, 7) is 3.03. The molecule has 1 N–H and O–H groups in total. The quantitative estimate of drug-likeness (QED) is 0.779. The Morgan fingerprint density at radius 2 is 2.13 bits per heavy atom. The second-order valence-electron chi connectivity index (χ2n) is 3.74. The van der Waals surface area contributed by atoms with Gasteiger partial charge >= 0.3 is 0 Å². The van der Waals surface area contributed by atoms with Gasteiger partial charge in [-0.2, -0.15) is 0 Å². The summed E-state index contributed by atoms with van der Waals surface area (Å²) < 4.78 is 0. The van der Waals surface area contributed by atoms with Gasteiger partial charge < -0.3 is 10.2 Å². The van der Waals surface area contributed by atoms with Crippen molar-refractivity contribution in [1.29, 1.82) is 0 Å². The van der Waals surface area contributed by atoms with Crippen LogP contribution in [0.2, 0.25) is 0 Å². The monoisotopic (exact) mass is 208 g/mol. The van der Waals surface area contributed by atoms with E-state index in [0.29, 0.717) is 0 Å². The molecular formula is C11H20N4. The van der Waals surface area contributed by atoms with Crippen molar-refractivity contribution in [3.8, 4) is 0 Å². The highest BCUT2D eigenvalue weighted by Crippen LogP contribution is 2.15. The molecule has 1 aromatic rings. The largest absolute Gasteiger partial charge is 0.362 e. The van der Waals surface area contributed by atoms with E-state index >= 15 is 0 Å². The first kappa shape index (κ1) is 11.9. The van der Waals surface area contributed by atoms with Crippen molar-refractivity contribution < 1.29 is 0 Å². The number of aromatic nitrogens is 2. The van der Waals surface area contributed by atoms with Crippen LogP contribution in [-0.2, 0) is 12.8 Å². The van der Waals surface area contributed by atoms with E-state index < -0.39 is 0 Å². The number of nitrogens with zero attached hydrogens (tertiary/aromatic N) is 3. The standard InChI is InChI=1S/C11H20N4/c1-5-10-13-8-9(6-7-12-2)11(14-10)15(3)4/h8,12H,5-7H2,1-4H3.